The molecule has 1 aliphatic heterocycles. The molecule has 1 aliphatic rings. The Balaban J connectivity index is 2.23. The Morgan fingerprint density at radius 2 is 2.18 bits per heavy atom. The number of halogens is 1. The molecule has 1 unspecified atom stereocenters. The zero-order valence-electron chi connectivity index (χ0n) is 9.74. The third-order valence-electron chi connectivity index (χ3n) is 3.34. The fourth-order valence-electron chi connectivity index (χ4n) is 2.16. The van der Waals surface area contributed by atoms with E-state index in [0.29, 0.717) is 30.9 Å². The summed E-state index contributed by atoms with van der Waals surface area (Å²) in [6.07, 6.45) is 0.679. The molecule has 4 N–H and O–H groups in total. The fourth-order valence-corrected chi connectivity index (χ4v) is 2.16. The lowest BCUT2D eigenvalue weighted by molar-refractivity contribution is -0.125. The molecule has 1 aromatic rings. The van der Waals surface area contributed by atoms with E-state index in [-0.39, 0.29) is 11.7 Å². The van der Waals surface area contributed by atoms with Gasteiger partial charge in [0.15, 0.2) is 0 Å². The van der Waals surface area contributed by atoms with E-state index in [1.165, 1.54) is 12.1 Å². The summed E-state index contributed by atoms with van der Waals surface area (Å²) in [6, 6.07) is 4.39. The molecule has 1 aromatic carbocycles. The van der Waals surface area contributed by atoms with Crippen molar-refractivity contribution in [3.05, 3.63) is 24.0 Å². The van der Waals surface area contributed by atoms with Gasteiger partial charge >= 0.3 is 0 Å². The first-order valence-electron chi connectivity index (χ1n) is 5.52. The van der Waals surface area contributed by atoms with Crippen LogP contribution in [0.1, 0.15) is 13.3 Å². The zero-order valence-corrected chi connectivity index (χ0v) is 9.74. The highest BCUT2D eigenvalue weighted by Gasteiger charge is 2.39. The van der Waals surface area contributed by atoms with Gasteiger partial charge in [0.25, 0.3) is 0 Å². The van der Waals surface area contributed by atoms with Crippen LogP contribution < -0.4 is 16.4 Å². The fraction of sp³-hybridized carbons (Fsp3) is 0.417. The molecule has 1 atom stereocenters. The number of nitrogen functional groups attached to an aromatic ring is 1. The summed E-state index contributed by atoms with van der Waals surface area (Å²) in [6.45, 7) is 3.02. The number of hydrogen-bond donors (Lipinski definition) is 2. The number of nitrogens with zero attached hydrogens (tertiary/aromatic N) is 1. The molecule has 5 heteroatoms. The highest BCUT2D eigenvalue weighted by molar-refractivity contribution is 5.82. The van der Waals surface area contributed by atoms with Gasteiger partial charge in [0.1, 0.15) is 5.82 Å². The molecular formula is C12H16FN3O. The lowest BCUT2D eigenvalue weighted by Crippen LogP contribution is -2.37. The van der Waals surface area contributed by atoms with Gasteiger partial charge in [0.05, 0.1) is 5.41 Å². The number of carbonyl (C=O) groups excluding carboxylic acids is 1. The number of amides is 1. The normalized spacial score (nSPS) is 24.0. The molecule has 0 radical (unpaired) electrons. The van der Waals surface area contributed by atoms with Crippen LogP contribution in [0.25, 0.3) is 0 Å². The molecule has 1 saturated heterocycles. The number of rotatable bonds is 2. The third-order valence-corrected chi connectivity index (χ3v) is 3.34. The van der Waals surface area contributed by atoms with Crippen LogP contribution in [-0.2, 0) is 4.79 Å². The van der Waals surface area contributed by atoms with Gasteiger partial charge in [-0.1, -0.05) is 0 Å². The molecule has 0 aliphatic carbocycles. The van der Waals surface area contributed by atoms with E-state index in [4.69, 9.17) is 11.5 Å². The third kappa shape index (κ3) is 2.18. The Bertz CT molecular complexity index is 443. The lowest BCUT2D eigenvalue weighted by atomic mass is 9.89. The first-order valence-corrected chi connectivity index (χ1v) is 5.52. The highest BCUT2D eigenvalue weighted by Crippen LogP contribution is 2.33. The maximum Gasteiger partial charge on any atom is 0.225 e. The Hall–Kier alpha value is -1.78. The van der Waals surface area contributed by atoms with Gasteiger partial charge in [0, 0.05) is 24.5 Å². The quantitative estimate of drug-likeness (QED) is 0.757. The van der Waals surface area contributed by atoms with Crippen LogP contribution in [0.2, 0.25) is 0 Å². The monoisotopic (exact) mass is 237 g/mol. The predicted molar refractivity (Wildman–Crippen MR) is 64.9 cm³/mol. The van der Waals surface area contributed by atoms with Gasteiger partial charge in [-0.3, -0.25) is 4.79 Å². The summed E-state index contributed by atoms with van der Waals surface area (Å²) >= 11 is 0. The second-order valence-electron chi connectivity index (χ2n) is 4.84. The summed E-state index contributed by atoms with van der Waals surface area (Å²) in [5.41, 5.74) is 11.5. The minimum absolute atomic E-state index is 0.315. The van der Waals surface area contributed by atoms with Crippen molar-refractivity contribution in [2.45, 2.75) is 13.3 Å². The summed E-state index contributed by atoms with van der Waals surface area (Å²) in [7, 11) is 0. The number of anilines is 2. The minimum atomic E-state index is -0.541. The highest BCUT2D eigenvalue weighted by atomic mass is 19.1. The van der Waals surface area contributed by atoms with Crippen molar-refractivity contribution >= 4 is 17.3 Å². The van der Waals surface area contributed by atoms with E-state index < -0.39 is 5.41 Å². The van der Waals surface area contributed by atoms with Crippen molar-refractivity contribution in [3.63, 3.8) is 0 Å². The molecule has 4 nitrogen and oxygen atoms in total. The maximum atomic E-state index is 13.2. The molecular weight excluding hydrogens is 221 g/mol. The molecule has 0 spiro atoms. The number of primary amides is 1. The van der Waals surface area contributed by atoms with Crippen molar-refractivity contribution in [2.24, 2.45) is 11.1 Å². The zero-order chi connectivity index (χ0) is 12.6. The van der Waals surface area contributed by atoms with E-state index in [1.54, 1.807) is 6.07 Å². The maximum absolute atomic E-state index is 13.2. The average molecular weight is 237 g/mol. The molecule has 0 saturated carbocycles. The Morgan fingerprint density at radius 3 is 2.71 bits per heavy atom. The van der Waals surface area contributed by atoms with Gasteiger partial charge < -0.3 is 16.4 Å². The average Bonchev–Trinajstić information content (AvgIpc) is 2.61. The van der Waals surface area contributed by atoms with Crippen LogP contribution in [0, 0.1) is 11.2 Å². The van der Waals surface area contributed by atoms with Crippen molar-refractivity contribution in [1.29, 1.82) is 0 Å². The molecule has 1 heterocycles. The number of benzene rings is 1. The second kappa shape index (κ2) is 3.91. The first kappa shape index (κ1) is 11.7. The van der Waals surface area contributed by atoms with Crippen LogP contribution in [0.15, 0.2) is 18.2 Å². The van der Waals surface area contributed by atoms with Crippen molar-refractivity contribution < 1.29 is 9.18 Å². The van der Waals surface area contributed by atoms with Gasteiger partial charge in [0.2, 0.25) is 5.91 Å². The lowest BCUT2D eigenvalue weighted by Gasteiger charge is -2.22. The first-order chi connectivity index (χ1) is 7.90. The molecule has 17 heavy (non-hydrogen) atoms. The minimum Gasteiger partial charge on any atom is -0.399 e. The van der Waals surface area contributed by atoms with E-state index in [2.05, 4.69) is 0 Å². The van der Waals surface area contributed by atoms with Gasteiger partial charge in [-0.05, 0) is 31.5 Å². The van der Waals surface area contributed by atoms with Crippen LogP contribution in [0.3, 0.4) is 0 Å². The van der Waals surface area contributed by atoms with Gasteiger partial charge in [-0.25, -0.2) is 4.39 Å². The molecule has 1 amide bonds. The van der Waals surface area contributed by atoms with Crippen LogP contribution in [0.4, 0.5) is 15.8 Å². The number of hydrogen-bond acceptors (Lipinski definition) is 3. The SMILES string of the molecule is CC1(C(N)=O)CCN(c2cc(N)cc(F)c2)C1. The van der Waals surface area contributed by atoms with E-state index >= 15 is 0 Å². The van der Waals surface area contributed by atoms with E-state index in [9.17, 15) is 9.18 Å². The smallest absolute Gasteiger partial charge is 0.225 e. The molecule has 1 fully saturated rings. The second-order valence-corrected chi connectivity index (χ2v) is 4.84. The van der Waals surface area contributed by atoms with E-state index in [0.717, 1.165) is 0 Å². The molecule has 2 rings (SSSR count). The molecule has 0 aromatic heterocycles. The molecule has 0 bridgehead atoms. The summed E-state index contributed by atoms with van der Waals surface area (Å²) in [5.74, 6) is -0.683. The van der Waals surface area contributed by atoms with Crippen molar-refractivity contribution in [3.8, 4) is 0 Å². The van der Waals surface area contributed by atoms with Gasteiger partial charge in [-0.2, -0.15) is 0 Å². The van der Waals surface area contributed by atoms with E-state index in [1.807, 2.05) is 11.8 Å². The standard InChI is InChI=1S/C12H16FN3O/c1-12(11(15)17)2-3-16(7-12)10-5-8(13)4-9(14)6-10/h4-6H,2-3,7,14H2,1H3,(H2,15,17). The summed E-state index contributed by atoms with van der Waals surface area (Å²) in [5, 5.41) is 0. The molecule has 92 valence electrons. The predicted octanol–water partition coefficient (Wildman–Crippen LogP) is 1.11. The van der Waals surface area contributed by atoms with Crippen LogP contribution >= 0.6 is 0 Å². The van der Waals surface area contributed by atoms with Crippen LogP contribution in [0.5, 0.6) is 0 Å². The summed E-state index contributed by atoms with van der Waals surface area (Å²) in [4.78, 5) is 13.3. The number of carbonyl (C=O) groups is 1. The Morgan fingerprint density at radius 1 is 1.47 bits per heavy atom. The summed E-state index contributed by atoms with van der Waals surface area (Å²) < 4.78 is 13.2. The van der Waals surface area contributed by atoms with Crippen molar-refractivity contribution in [2.75, 3.05) is 23.7 Å². The topological polar surface area (TPSA) is 72.4 Å². The van der Waals surface area contributed by atoms with Gasteiger partial charge in [-0.15, -0.1) is 0 Å². The Labute approximate surface area is 99.4 Å². The Kier molecular flexibility index (Phi) is 2.69. The number of nitrogens with two attached hydrogens (primary N) is 2. The van der Waals surface area contributed by atoms with Crippen LogP contribution in [-0.4, -0.2) is 19.0 Å². The van der Waals surface area contributed by atoms with Crippen molar-refractivity contribution in [1.82, 2.24) is 0 Å². The largest absolute Gasteiger partial charge is 0.399 e.